The van der Waals surface area contributed by atoms with Crippen molar-refractivity contribution in [3.8, 4) is 6.07 Å². The van der Waals surface area contributed by atoms with Crippen LogP contribution in [0, 0.1) is 11.3 Å². The number of nitrogens with zero attached hydrogens (tertiary/aromatic N) is 3. The number of pyridine rings is 1. The number of hydrogen-bond acceptors (Lipinski definition) is 3. The van der Waals surface area contributed by atoms with Crippen LogP contribution < -0.4 is 0 Å². The Morgan fingerprint density at radius 2 is 1.87 bits per heavy atom. The largest absolute Gasteiger partial charge is 0.314 e. The van der Waals surface area contributed by atoms with Crippen molar-refractivity contribution in [2.75, 3.05) is 0 Å². The highest BCUT2D eigenvalue weighted by atomic mass is 16.2. The van der Waals surface area contributed by atoms with E-state index in [0.29, 0.717) is 12.1 Å². The summed E-state index contributed by atoms with van der Waals surface area (Å²) >= 11 is 0. The zero-order valence-electron chi connectivity index (χ0n) is 12.3. The van der Waals surface area contributed by atoms with Gasteiger partial charge in [0.1, 0.15) is 6.04 Å². The fourth-order valence-corrected chi connectivity index (χ4v) is 3.17. The summed E-state index contributed by atoms with van der Waals surface area (Å²) in [6, 6.07) is 17.1. The lowest BCUT2D eigenvalue weighted by atomic mass is 9.98. The summed E-state index contributed by atoms with van der Waals surface area (Å²) in [7, 11) is 0. The average Bonchev–Trinajstić information content (AvgIpc) is 2.88. The van der Waals surface area contributed by atoms with Gasteiger partial charge in [-0.1, -0.05) is 36.4 Å². The maximum Gasteiger partial charge on any atom is 0.256 e. The molecule has 0 saturated carbocycles. The summed E-state index contributed by atoms with van der Waals surface area (Å²) in [6.07, 6.45) is 3.39. The number of rotatable bonds is 2. The number of carbonyl (C=O) groups excluding carboxylic acids is 1. The molecule has 0 N–H and O–H groups in total. The highest BCUT2D eigenvalue weighted by molar-refractivity contribution is 6.11. The molecule has 1 aliphatic rings. The number of hydrogen-bond donors (Lipinski definition) is 0. The van der Waals surface area contributed by atoms with Crippen LogP contribution in [-0.4, -0.2) is 15.8 Å². The Hall–Kier alpha value is -3.19. The monoisotopic (exact) mass is 299 g/mol. The fourth-order valence-electron chi connectivity index (χ4n) is 3.17. The van der Waals surface area contributed by atoms with Gasteiger partial charge in [-0.2, -0.15) is 5.26 Å². The van der Waals surface area contributed by atoms with E-state index in [1.54, 1.807) is 17.3 Å². The van der Waals surface area contributed by atoms with Gasteiger partial charge in [0.2, 0.25) is 0 Å². The number of fused-ring (bicyclic) bond motifs is 3. The Kier molecular flexibility index (Phi) is 3.06. The first-order valence-electron chi connectivity index (χ1n) is 7.41. The molecule has 4 nitrogen and oxygen atoms in total. The lowest BCUT2D eigenvalue weighted by Gasteiger charge is -2.19. The molecule has 4 heteroatoms. The number of benzene rings is 2. The van der Waals surface area contributed by atoms with E-state index in [-0.39, 0.29) is 5.91 Å². The van der Waals surface area contributed by atoms with Crippen LogP contribution in [-0.2, 0) is 6.54 Å². The van der Waals surface area contributed by atoms with Gasteiger partial charge in [-0.25, -0.2) is 0 Å². The Morgan fingerprint density at radius 1 is 1.09 bits per heavy atom. The molecule has 2 aromatic carbocycles. The fraction of sp³-hybridized carbons (Fsp3) is 0.105. The summed E-state index contributed by atoms with van der Waals surface area (Å²) < 4.78 is 0. The van der Waals surface area contributed by atoms with E-state index in [0.717, 1.165) is 21.9 Å². The zero-order chi connectivity index (χ0) is 15.8. The molecule has 0 aliphatic carbocycles. The van der Waals surface area contributed by atoms with Crippen LogP contribution in [0.5, 0.6) is 0 Å². The zero-order valence-corrected chi connectivity index (χ0v) is 12.3. The van der Waals surface area contributed by atoms with E-state index < -0.39 is 6.04 Å². The van der Waals surface area contributed by atoms with Crippen molar-refractivity contribution in [3.63, 3.8) is 0 Å². The van der Waals surface area contributed by atoms with Crippen molar-refractivity contribution < 1.29 is 4.79 Å². The van der Waals surface area contributed by atoms with Gasteiger partial charge in [0.15, 0.2) is 0 Å². The van der Waals surface area contributed by atoms with E-state index in [1.807, 2.05) is 48.5 Å². The van der Waals surface area contributed by atoms with E-state index in [9.17, 15) is 10.1 Å². The van der Waals surface area contributed by atoms with Crippen molar-refractivity contribution >= 4 is 16.7 Å². The molecule has 1 aliphatic heterocycles. The second-order valence-corrected chi connectivity index (χ2v) is 5.57. The summed E-state index contributed by atoms with van der Waals surface area (Å²) in [5.41, 5.74) is 2.42. The van der Waals surface area contributed by atoms with E-state index in [4.69, 9.17) is 0 Å². The number of amides is 1. The first-order chi connectivity index (χ1) is 11.3. The van der Waals surface area contributed by atoms with Gasteiger partial charge in [0, 0.05) is 24.5 Å². The SMILES string of the molecule is N#CC1c2ccc3ccccc3c2C(=O)N1Cc1ccncc1. The molecule has 1 unspecified atom stereocenters. The second-order valence-electron chi connectivity index (χ2n) is 5.57. The minimum Gasteiger partial charge on any atom is -0.314 e. The Morgan fingerprint density at radius 3 is 2.65 bits per heavy atom. The van der Waals surface area contributed by atoms with Gasteiger partial charge >= 0.3 is 0 Å². The molecule has 1 atom stereocenters. The first-order valence-corrected chi connectivity index (χ1v) is 7.41. The maximum absolute atomic E-state index is 12.9. The third kappa shape index (κ3) is 2.06. The van der Waals surface area contributed by atoms with Crippen LogP contribution in [0.4, 0.5) is 0 Å². The topological polar surface area (TPSA) is 57.0 Å². The van der Waals surface area contributed by atoms with Gasteiger partial charge in [0.25, 0.3) is 5.91 Å². The van der Waals surface area contributed by atoms with Crippen LogP contribution in [0.2, 0.25) is 0 Å². The van der Waals surface area contributed by atoms with E-state index >= 15 is 0 Å². The molecule has 0 fully saturated rings. The number of nitriles is 1. The summed E-state index contributed by atoms with van der Waals surface area (Å²) in [5, 5.41) is 11.5. The molecule has 110 valence electrons. The molecule has 4 rings (SSSR count). The summed E-state index contributed by atoms with van der Waals surface area (Å²) in [4.78, 5) is 18.6. The van der Waals surface area contributed by atoms with Crippen molar-refractivity contribution in [1.82, 2.24) is 9.88 Å². The summed E-state index contributed by atoms with van der Waals surface area (Å²) in [5.74, 6) is -0.0832. The lowest BCUT2D eigenvalue weighted by molar-refractivity contribution is 0.0746. The lowest BCUT2D eigenvalue weighted by Crippen LogP contribution is -2.26. The predicted octanol–water partition coefficient (Wildman–Crippen LogP) is 3.46. The second kappa shape index (κ2) is 5.22. The molecule has 3 aromatic rings. The van der Waals surface area contributed by atoms with Crippen molar-refractivity contribution in [2.24, 2.45) is 0 Å². The molecule has 2 heterocycles. The Balaban J connectivity index is 1.83. The average molecular weight is 299 g/mol. The van der Waals surface area contributed by atoms with E-state index in [1.165, 1.54) is 0 Å². The Bertz CT molecular complexity index is 944. The van der Waals surface area contributed by atoms with Gasteiger partial charge in [-0.05, 0) is 28.5 Å². The molecule has 0 bridgehead atoms. The van der Waals surface area contributed by atoms with Crippen molar-refractivity contribution in [3.05, 3.63) is 77.6 Å². The molecular weight excluding hydrogens is 286 g/mol. The van der Waals surface area contributed by atoms with Crippen molar-refractivity contribution in [2.45, 2.75) is 12.6 Å². The van der Waals surface area contributed by atoms with Gasteiger partial charge in [0.05, 0.1) is 11.6 Å². The first kappa shape index (κ1) is 13.5. The van der Waals surface area contributed by atoms with Crippen LogP contribution in [0.15, 0.2) is 60.9 Å². The van der Waals surface area contributed by atoms with Crippen LogP contribution >= 0.6 is 0 Å². The van der Waals surface area contributed by atoms with Crippen molar-refractivity contribution in [1.29, 1.82) is 5.26 Å². The highest BCUT2D eigenvalue weighted by Gasteiger charge is 2.37. The van der Waals surface area contributed by atoms with Gasteiger partial charge < -0.3 is 4.90 Å². The van der Waals surface area contributed by atoms with Crippen LogP contribution in [0.1, 0.15) is 27.5 Å². The smallest absolute Gasteiger partial charge is 0.256 e. The molecule has 1 aromatic heterocycles. The summed E-state index contributed by atoms with van der Waals surface area (Å²) in [6.45, 7) is 0.405. The maximum atomic E-state index is 12.9. The van der Waals surface area contributed by atoms with Crippen LogP contribution in [0.25, 0.3) is 10.8 Å². The highest BCUT2D eigenvalue weighted by Crippen LogP contribution is 2.38. The predicted molar refractivity (Wildman–Crippen MR) is 86.4 cm³/mol. The minimum absolute atomic E-state index is 0.0832. The molecule has 23 heavy (non-hydrogen) atoms. The van der Waals surface area contributed by atoms with Crippen LogP contribution in [0.3, 0.4) is 0 Å². The molecular formula is C19H13N3O. The Labute approximate surface area is 133 Å². The normalized spacial score (nSPS) is 16.4. The number of aromatic nitrogens is 1. The quantitative estimate of drug-likeness (QED) is 0.728. The minimum atomic E-state index is -0.546. The van der Waals surface area contributed by atoms with Gasteiger partial charge in [-0.3, -0.25) is 9.78 Å². The molecule has 1 amide bonds. The number of carbonyl (C=O) groups is 1. The third-order valence-electron chi connectivity index (χ3n) is 4.27. The third-order valence-corrected chi connectivity index (χ3v) is 4.27. The van der Waals surface area contributed by atoms with E-state index in [2.05, 4.69) is 11.1 Å². The molecule has 0 spiro atoms. The molecule has 0 radical (unpaired) electrons. The standard InChI is InChI=1S/C19H13N3O/c20-11-17-16-6-5-14-3-1-2-4-15(14)18(16)19(23)22(17)12-13-7-9-21-10-8-13/h1-10,17H,12H2. The molecule has 0 saturated heterocycles. The van der Waals surface area contributed by atoms with Gasteiger partial charge in [-0.15, -0.1) is 0 Å².